The van der Waals surface area contributed by atoms with E-state index in [2.05, 4.69) is 30.4 Å². The maximum absolute atomic E-state index is 12.6. The lowest BCUT2D eigenvalue weighted by Gasteiger charge is -2.49. The van der Waals surface area contributed by atoms with E-state index in [0.29, 0.717) is 39.1 Å². The molecule has 5 rings (SSSR count). The van der Waals surface area contributed by atoms with E-state index >= 15 is 0 Å². The molecule has 8 heteroatoms. The number of hydrogen-bond acceptors (Lipinski definition) is 7. The minimum atomic E-state index is -1.09. The number of ether oxygens (including phenoxy) is 4. The molecule has 0 radical (unpaired) electrons. The van der Waals surface area contributed by atoms with Gasteiger partial charge in [-0.3, -0.25) is 9.79 Å². The average molecular weight is 628 g/mol. The van der Waals surface area contributed by atoms with Gasteiger partial charge in [0.05, 0.1) is 55.9 Å². The highest BCUT2D eigenvalue weighted by Crippen LogP contribution is 2.51. The summed E-state index contributed by atoms with van der Waals surface area (Å²) in [5.74, 6) is -0.0454. The van der Waals surface area contributed by atoms with Crippen molar-refractivity contribution in [3.8, 4) is 6.07 Å². The Morgan fingerprint density at radius 3 is 2.13 bits per heavy atom. The number of nitrogens with zero attached hydrogens (tertiary/aromatic N) is 2. The van der Waals surface area contributed by atoms with Crippen LogP contribution in [0, 0.1) is 22.2 Å². The van der Waals surface area contributed by atoms with E-state index in [1.54, 1.807) is 0 Å². The van der Waals surface area contributed by atoms with Crippen LogP contribution in [0.5, 0.6) is 0 Å². The van der Waals surface area contributed by atoms with Gasteiger partial charge in [0.25, 0.3) is 0 Å². The molecule has 0 spiro atoms. The summed E-state index contributed by atoms with van der Waals surface area (Å²) in [5.41, 5.74) is 1.04. The van der Waals surface area contributed by atoms with Crippen molar-refractivity contribution < 1.29 is 23.7 Å². The van der Waals surface area contributed by atoms with E-state index < -0.39 is 22.5 Å². The smallest absolute Gasteiger partial charge is 0.225 e. The number of allylic oxidation sites excluding steroid dienone is 1. The number of nitrogens with one attached hydrogen (secondary N) is 1. The number of benzene rings is 2. The maximum Gasteiger partial charge on any atom is 0.225 e. The fourth-order valence-corrected chi connectivity index (χ4v) is 6.72. The van der Waals surface area contributed by atoms with E-state index in [9.17, 15) is 10.1 Å². The molecule has 0 aliphatic carbocycles. The van der Waals surface area contributed by atoms with Crippen LogP contribution in [0.4, 0.5) is 0 Å². The molecule has 0 saturated carbocycles. The zero-order valence-corrected chi connectivity index (χ0v) is 28.3. The Morgan fingerprint density at radius 2 is 1.57 bits per heavy atom. The third-order valence-corrected chi connectivity index (χ3v) is 9.78. The quantitative estimate of drug-likeness (QED) is 0.315. The Labute approximate surface area is 274 Å². The molecule has 3 heterocycles. The fraction of sp³-hybridized carbons (Fsp3) is 0.553. The predicted octanol–water partition coefficient (Wildman–Crippen LogP) is 6.69. The number of amides is 1. The van der Waals surface area contributed by atoms with Crippen LogP contribution < -0.4 is 5.32 Å². The molecule has 2 aromatic rings. The second-order valence-electron chi connectivity index (χ2n) is 14.8. The molecule has 46 heavy (non-hydrogen) atoms. The Bertz CT molecular complexity index is 1480. The van der Waals surface area contributed by atoms with Crippen molar-refractivity contribution in [2.45, 2.75) is 116 Å². The first kappa shape index (κ1) is 34.0. The van der Waals surface area contributed by atoms with Crippen LogP contribution in [0.2, 0.25) is 0 Å². The van der Waals surface area contributed by atoms with E-state index in [1.165, 1.54) is 0 Å². The monoisotopic (exact) mass is 627 g/mol. The first-order valence-electron chi connectivity index (χ1n) is 16.4. The Morgan fingerprint density at radius 1 is 0.978 bits per heavy atom. The molecule has 2 saturated heterocycles. The van der Waals surface area contributed by atoms with Crippen LogP contribution in [0.25, 0.3) is 0 Å². The topological polar surface area (TPSA) is 102 Å². The van der Waals surface area contributed by atoms with Crippen molar-refractivity contribution >= 4 is 11.6 Å². The number of carbonyl (C=O) groups excluding carboxylic acids is 1. The summed E-state index contributed by atoms with van der Waals surface area (Å²) in [6.07, 6.45) is 2.22. The van der Waals surface area contributed by atoms with Gasteiger partial charge in [0.2, 0.25) is 5.91 Å². The lowest BCUT2D eigenvalue weighted by molar-refractivity contribution is -0.230. The molecule has 3 aliphatic heterocycles. The van der Waals surface area contributed by atoms with Crippen LogP contribution in [0.15, 0.2) is 77.4 Å². The van der Waals surface area contributed by atoms with Crippen molar-refractivity contribution in [3.05, 3.63) is 83.6 Å². The molecule has 7 atom stereocenters. The molecular formula is C38H49N3O5. The summed E-state index contributed by atoms with van der Waals surface area (Å²) in [6.45, 7) is 15.4. The van der Waals surface area contributed by atoms with Gasteiger partial charge in [0.1, 0.15) is 0 Å². The van der Waals surface area contributed by atoms with Crippen LogP contribution >= 0.6 is 0 Å². The SMILES string of the molecule is C[C@H]1O[C@@H]([C@]2(C)CC(/C=C3\NC(=O)CC3(C)COC(C)(C)C)=NC2(C)C#N)[C@H](OCc2ccccc2)C[C@H]1OCc1ccccc1. The molecule has 8 nitrogen and oxygen atoms in total. The molecule has 0 aromatic heterocycles. The molecule has 0 bridgehead atoms. The third kappa shape index (κ3) is 7.44. The summed E-state index contributed by atoms with van der Waals surface area (Å²) < 4.78 is 26.0. The first-order valence-corrected chi connectivity index (χ1v) is 16.4. The Hall–Kier alpha value is -3.35. The van der Waals surface area contributed by atoms with Gasteiger partial charge in [0, 0.05) is 41.5 Å². The number of carbonyl (C=O) groups is 1. The van der Waals surface area contributed by atoms with Gasteiger partial charge >= 0.3 is 0 Å². The van der Waals surface area contributed by atoms with Crippen molar-refractivity contribution in [3.63, 3.8) is 0 Å². The third-order valence-electron chi connectivity index (χ3n) is 9.78. The van der Waals surface area contributed by atoms with Gasteiger partial charge in [-0.25, -0.2) is 0 Å². The van der Waals surface area contributed by atoms with Gasteiger partial charge in [-0.2, -0.15) is 5.26 Å². The molecule has 2 unspecified atom stereocenters. The number of hydrogen-bond donors (Lipinski definition) is 1. The number of rotatable bonds is 10. The molecule has 1 N–H and O–H groups in total. The van der Waals surface area contributed by atoms with Gasteiger partial charge in [0.15, 0.2) is 5.54 Å². The molecule has 2 aromatic carbocycles. The summed E-state index contributed by atoms with van der Waals surface area (Å²) in [7, 11) is 0. The van der Waals surface area contributed by atoms with Crippen molar-refractivity contribution in [2.24, 2.45) is 15.8 Å². The summed E-state index contributed by atoms with van der Waals surface area (Å²) in [5, 5.41) is 13.7. The highest BCUT2D eigenvalue weighted by Gasteiger charge is 2.60. The molecule has 1 amide bonds. The standard InChI is InChI=1S/C38H49N3O5/c1-26-30(43-22-27-14-10-8-11-15-27)19-31(44-23-28-16-12-9-13-17-28)34(46-26)37(6)20-29(41-38(37,7)24-39)18-32-36(5,21-33(42)40-32)25-45-35(2,3)4/h8-18,26,30-31,34H,19-23,25H2,1-7H3,(H,40,42)/b32-18-/t26-,30-,31-,34-,36?,37+,38?/m1/s1. The van der Waals surface area contributed by atoms with Crippen molar-refractivity contribution in [1.29, 1.82) is 5.26 Å². The highest BCUT2D eigenvalue weighted by atomic mass is 16.6. The summed E-state index contributed by atoms with van der Waals surface area (Å²) in [6, 6.07) is 22.7. The van der Waals surface area contributed by atoms with Crippen molar-refractivity contribution in [2.75, 3.05) is 6.61 Å². The maximum atomic E-state index is 12.6. The molecule has 3 aliphatic rings. The van der Waals surface area contributed by atoms with Crippen molar-refractivity contribution in [1.82, 2.24) is 5.32 Å². The van der Waals surface area contributed by atoms with Gasteiger partial charge in [-0.15, -0.1) is 0 Å². The summed E-state index contributed by atoms with van der Waals surface area (Å²) >= 11 is 0. The van der Waals surface area contributed by atoms with E-state index in [0.717, 1.165) is 22.5 Å². The van der Waals surface area contributed by atoms with Gasteiger partial charge < -0.3 is 24.3 Å². The normalized spacial score (nSPS) is 33.9. The predicted molar refractivity (Wildman–Crippen MR) is 178 cm³/mol. The Kier molecular flexibility index (Phi) is 9.91. The molecule has 2 fully saturated rings. The number of aliphatic imine (C=N–C) groups is 1. The average Bonchev–Trinajstić information content (AvgIpc) is 3.46. The van der Waals surface area contributed by atoms with E-state index in [-0.39, 0.29) is 29.8 Å². The first-order chi connectivity index (χ1) is 21.7. The van der Waals surface area contributed by atoms with Crippen LogP contribution in [0.1, 0.15) is 78.9 Å². The molecule has 246 valence electrons. The lowest BCUT2D eigenvalue weighted by atomic mass is 9.65. The van der Waals surface area contributed by atoms with Crippen LogP contribution in [-0.4, -0.2) is 53.8 Å². The van der Waals surface area contributed by atoms with E-state index in [1.807, 2.05) is 96.1 Å². The number of nitriles is 1. The lowest BCUT2D eigenvalue weighted by Crippen LogP contribution is -2.59. The Balaban J connectivity index is 1.41. The van der Waals surface area contributed by atoms with Crippen LogP contribution in [-0.2, 0) is 37.0 Å². The van der Waals surface area contributed by atoms with Gasteiger partial charge in [-0.1, -0.05) is 74.5 Å². The minimum absolute atomic E-state index is 0.0454. The fourth-order valence-electron chi connectivity index (χ4n) is 6.72. The van der Waals surface area contributed by atoms with Crippen LogP contribution in [0.3, 0.4) is 0 Å². The summed E-state index contributed by atoms with van der Waals surface area (Å²) in [4.78, 5) is 17.6. The molecular weight excluding hydrogens is 578 g/mol. The van der Waals surface area contributed by atoms with E-state index in [4.69, 9.17) is 23.9 Å². The van der Waals surface area contributed by atoms with Gasteiger partial charge in [-0.05, 0) is 51.8 Å². The highest BCUT2D eigenvalue weighted by molar-refractivity contribution is 6.00. The minimum Gasteiger partial charge on any atom is -0.375 e. The second kappa shape index (κ2) is 13.4. The zero-order valence-electron chi connectivity index (χ0n) is 28.3. The largest absolute Gasteiger partial charge is 0.375 e. The zero-order chi connectivity index (χ0) is 33.2. The second-order valence-corrected chi connectivity index (χ2v) is 14.8.